The molecule has 1 aliphatic rings. The third kappa shape index (κ3) is 4.88. The molecule has 0 bridgehead atoms. The van der Waals surface area contributed by atoms with Gasteiger partial charge in [0.15, 0.2) is 0 Å². The maximum absolute atomic E-state index is 12.8. The third-order valence-electron chi connectivity index (χ3n) is 5.10. The number of anilines is 1. The Bertz CT molecular complexity index is 758. The molecular weight excluding hydrogens is 340 g/mol. The van der Waals surface area contributed by atoms with Crippen LogP contribution in [0.1, 0.15) is 33.6 Å². The first kappa shape index (κ1) is 20.5. The number of carbonyl (C=O) groups is 2. The first-order valence-corrected chi connectivity index (χ1v) is 9.21. The lowest BCUT2D eigenvalue weighted by atomic mass is 9.92. The van der Waals surface area contributed by atoms with Gasteiger partial charge < -0.3 is 15.7 Å². The molecule has 2 atom stereocenters. The highest BCUT2D eigenvalue weighted by Gasteiger charge is 2.56. The summed E-state index contributed by atoms with van der Waals surface area (Å²) in [6, 6.07) is 6.06. The smallest absolute Gasteiger partial charge is 0.240 e. The Labute approximate surface area is 160 Å². The van der Waals surface area contributed by atoms with Gasteiger partial charge in [-0.1, -0.05) is 37.8 Å². The van der Waals surface area contributed by atoms with E-state index in [1.807, 2.05) is 39.0 Å². The van der Waals surface area contributed by atoms with E-state index in [1.165, 1.54) is 12.1 Å². The molecule has 144 valence electrons. The van der Waals surface area contributed by atoms with Gasteiger partial charge in [-0.05, 0) is 56.5 Å². The molecule has 1 aliphatic carbocycles. The van der Waals surface area contributed by atoms with Gasteiger partial charge in [0.25, 0.3) is 0 Å². The number of hydrogen-bond donors (Lipinski definition) is 3. The molecule has 0 radical (unpaired) electrons. The van der Waals surface area contributed by atoms with Gasteiger partial charge in [-0.25, -0.2) is 0 Å². The SMILES string of the molecule is C=C/C(=C\C=C/C)C(C)C(C)NC(=O)C1(C(=O)Nc2ccc(O)cc2)CC1. The van der Waals surface area contributed by atoms with Gasteiger partial charge in [0.05, 0.1) is 0 Å². The van der Waals surface area contributed by atoms with Crippen LogP contribution in [0.25, 0.3) is 0 Å². The molecule has 1 fully saturated rings. The summed E-state index contributed by atoms with van der Waals surface area (Å²) in [5.41, 5.74) is 0.577. The summed E-state index contributed by atoms with van der Waals surface area (Å²) in [5.74, 6) is -0.358. The summed E-state index contributed by atoms with van der Waals surface area (Å²) in [6.07, 6.45) is 8.71. The van der Waals surface area contributed by atoms with E-state index in [1.54, 1.807) is 18.2 Å². The largest absolute Gasteiger partial charge is 0.508 e. The molecule has 0 heterocycles. The second-order valence-electron chi connectivity index (χ2n) is 7.03. The molecule has 0 spiro atoms. The van der Waals surface area contributed by atoms with Crippen LogP contribution < -0.4 is 10.6 Å². The summed E-state index contributed by atoms with van der Waals surface area (Å²) >= 11 is 0. The molecular formula is C22H28N2O3. The van der Waals surface area contributed by atoms with Crippen LogP contribution in [0.15, 0.2) is 60.7 Å². The Morgan fingerprint density at radius 3 is 2.33 bits per heavy atom. The number of hydrogen-bond acceptors (Lipinski definition) is 3. The number of rotatable bonds is 8. The lowest BCUT2D eigenvalue weighted by molar-refractivity contribution is -0.134. The van der Waals surface area contributed by atoms with Crippen molar-refractivity contribution in [1.29, 1.82) is 0 Å². The minimum absolute atomic E-state index is 0.0682. The van der Waals surface area contributed by atoms with E-state index >= 15 is 0 Å². The zero-order valence-electron chi connectivity index (χ0n) is 16.2. The summed E-state index contributed by atoms with van der Waals surface area (Å²) in [6.45, 7) is 9.74. The number of phenolic OH excluding ortho intramolecular Hbond substituents is 1. The van der Waals surface area contributed by atoms with Gasteiger partial charge in [0.2, 0.25) is 11.8 Å². The van der Waals surface area contributed by atoms with E-state index < -0.39 is 5.41 Å². The number of allylic oxidation sites excluding steroid dienone is 4. The fourth-order valence-electron chi connectivity index (χ4n) is 2.85. The van der Waals surface area contributed by atoms with Crippen molar-refractivity contribution in [2.75, 3.05) is 5.32 Å². The van der Waals surface area contributed by atoms with Crippen molar-refractivity contribution in [3.8, 4) is 5.75 Å². The van der Waals surface area contributed by atoms with Crippen LogP contribution >= 0.6 is 0 Å². The van der Waals surface area contributed by atoms with E-state index in [-0.39, 0.29) is 29.5 Å². The number of carbonyl (C=O) groups excluding carboxylic acids is 2. The average Bonchev–Trinajstić information content (AvgIpc) is 3.46. The van der Waals surface area contributed by atoms with Crippen LogP contribution in [0.5, 0.6) is 5.75 Å². The van der Waals surface area contributed by atoms with Crippen molar-refractivity contribution < 1.29 is 14.7 Å². The van der Waals surface area contributed by atoms with Gasteiger partial charge in [0.1, 0.15) is 11.2 Å². The Kier molecular flexibility index (Phi) is 6.61. The fraction of sp³-hybridized carbons (Fsp3) is 0.364. The Morgan fingerprint density at radius 2 is 1.81 bits per heavy atom. The maximum atomic E-state index is 12.8. The third-order valence-corrected chi connectivity index (χ3v) is 5.10. The molecule has 2 unspecified atom stereocenters. The minimum atomic E-state index is -1.01. The molecule has 0 aliphatic heterocycles. The monoisotopic (exact) mass is 368 g/mol. The molecule has 2 amide bonds. The van der Waals surface area contributed by atoms with Crippen molar-refractivity contribution in [2.45, 2.75) is 39.7 Å². The Hall–Kier alpha value is -2.82. The van der Waals surface area contributed by atoms with Gasteiger partial charge in [-0.3, -0.25) is 9.59 Å². The number of amides is 2. The molecule has 0 saturated heterocycles. The van der Waals surface area contributed by atoms with Crippen LogP contribution in [0.3, 0.4) is 0 Å². The fourth-order valence-corrected chi connectivity index (χ4v) is 2.85. The second-order valence-corrected chi connectivity index (χ2v) is 7.03. The molecule has 1 aromatic carbocycles. The van der Waals surface area contributed by atoms with Gasteiger partial charge in [0, 0.05) is 17.6 Å². The molecule has 5 nitrogen and oxygen atoms in total. The van der Waals surface area contributed by atoms with Crippen LogP contribution in [-0.4, -0.2) is 23.0 Å². The van der Waals surface area contributed by atoms with Crippen LogP contribution in [0.2, 0.25) is 0 Å². The topological polar surface area (TPSA) is 78.4 Å². The highest BCUT2D eigenvalue weighted by Crippen LogP contribution is 2.47. The van der Waals surface area contributed by atoms with E-state index in [2.05, 4.69) is 17.2 Å². The van der Waals surface area contributed by atoms with Gasteiger partial charge in [-0.2, -0.15) is 0 Å². The molecule has 5 heteroatoms. The molecule has 1 aromatic rings. The zero-order valence-corrected chi connectivity index (χ0v) is 16.2. The van der Waals surface area contributed by atoms with Crippen LogP contribution in [0, 0.1) is 11.3 Å². The lowest BCUT2D eigenvalue weighted by Gasteiger charge is -2.25. The van der Waals surface area contributed by atoms with Crippen molar-refractivity contribution in [1.82, 2.24) is 5.32 Å². The number of phenols is 1. The average molecular weight is 368 g/mol. The van der Waals surface area contributed by atoms with Crippen molar-refractivity contribution in [3.05, 3.63) is 60.7 Å². The molecule has 27 heavy (non-hydrogen) atoms. The molecule has 3 N–H and O–H groups in total. The normalized spacial score (nSPS) is 17.8. The van der Waals surface area contributed by atoms with E-state index in [4.69, 9.17) is 0 Å². The number of benzene rings is 1. The van der Waals surface area contributed by atoms with Crippen molar-refractivity contribution >= 4 is 17.5 Å². The quantitative estimate of drug-likeness (QED) is 0.369. The summed E-state index contributed by atoms with van der Waals surface area (Å²) in [7, 11) is 0. The highest BCUT2D eigenvalue weighted by molar-refractivity contribution is 6.13. The first-order chi connectivity index (χ1) is 12.8. The maximum Gasteiger partial charge on any atom is 0.240 e. The van der Waals surface area contributed by atoms with Gasteiger partial charge >= 0.3 is 0 Å². The van der Waals surface area contributed by atoms with Crippen molar-refractivity contribution in [2.24, 2.45) is 11.3 Å². The van der Waals surface area contributed by atoms with Crippen LogP contribution in [-0.2, 0) is 9.59 Å². The second kappa shape index (κ2) is 8.71. The van der Waals surface area contributed by atoms with E-state index in [9.17, 15) is 14.7 Å². The predicted molar refractivity (Wildman–Crippen MR) is 108 cm³/mol. The van der Waals surface area contributed by atoms with Crippen molar-refractivity contribution in [3.63, 3.8) is 0 Å². The summed E-state index contributed by atoms with van der Waals surface area (Å²) in [5, 5.41) is 15.1. The number of nitrogens with one attached hydrogen (secondary N) is 2. The van der Waals surface area contributed by atoms with E-state index in [0.717, 1.165) is 5.57 Å². The Balaban J connectivity index is 2.02. The molecule has 1 saturated carbocycles. The molecule has 2 rings (SSSR count). The number of aromatic hydroxyl groups is 1. The standard InChI is InChI=1S/C22H28N2O3/c1-5-7-8-17(6-2)15(3)16(4)23-20(26)22(13-14-22)21(27)24-18-9-11-19(25)12-10-18/h5-12,15-16,25H,2,13-14H2,1,3-4H3,(H,23,26)(H,24,27)/b7-5-,17-8+. The van der Waals surface area contributed by atoms with Gasteiger partial charge in [-0.15, -0.1) is 0 Å². The lowest BCUT2D eigenvalue weighted by Crippen LogP contribution is -2.45. The predicted octanol–water partition coefficient (Wildman–Crippen LogP) is 3.94. The first-order valence-electron chi connectivity index (χ1n) is 9.21. The van der Waals surface area contributed by atoms with E-state index in [0.29, 0.717) is 18.5 Å². The minimum Gasteiger partial charge on any atom is -0.508 e. The molecule has 0 aromatic heterocycles. The Morgan fingerprint density at radius 1 is 1.19 bits per heavy atom. The van der Waals surface area contributed by atoms with Crippen LogP contribution in [0.4, 0.5) is 5.69 Å². The summed E-state index contributed by atoms with van der Waals surface area (Å²) in [4.78, 5) is 25.4. The zero-order chi connectivity index (χ0) is 20.0. The summed E-state index contributed by atoms with van der Waals surface area (Å²) < 4.78 is 0. The highest BCUT2D eigenvalue weighted by atomic mass is 16.3.